The largest absolute Gasteiger partial charge is 0.394 e. The molecule has 0 bridgehead atoms. The Morgan fingerprint density at radius 2 is 2.19 bits per heavy atom. The van der Waals surface area contributed by atoms with Gasteiger partial charge < -0.3 is 10.0 Å². The van der Waals surface area contributed by atoms with Crippen molar-refractivity contribution in [3.8, 4) is 0 Å². The number of rotatable bonds is 2. The zero-order chi connectivity index (χ0) is 14.8. The van der Waals surface area contributed by atoms with Crippen LogP contribution in [0.5, 0.6) is 0 Å². The molecule has 1 aliphatic rings. The summed E-state index contributed by atoms with van der Waals surface area (Å²) in [6.45, 7) is 0.276. The zero-order valence-corrected chi connectivity index (χ0v) is 11.4. The summed E-state index contributed by atoms with van der Waals surface area (Å²) >= 11 is 0. The third-order valence-electron chi connectivity index (χ3n) is 3.85. The number of amides is 1. The molecule has 5 heteroatoms. The lowest BCUT2D eigenvalue weighted by Gasteiger charge is -2.36. The van der Waals surface area contributed by atoms with Gasteiger partial charge in [0.1, 0.15) is 0 Å². The van der Waals surface area contributed by atoms with Crippen LogP contribution in [0, 0.1) is 5.82 Å². The Balaban J connectivity index is 1.96. The summed E-state index contributed by atoms with van der Waals surface area (Å²) in [6.07, 6.45) is 3.12. The highest BCUT2D eigenvalue weighted by atomic mass is 19.1. The zero-order valence-electron chi connectivity index (χ0n) is 11.4. The minimum absolute atomic E-state index is 0.0113. The van der Waals surface area contributed by atoms with E-state index < -0.39 is 17.8 Å². The molecule has 3 rings (SSSR count). The van der Waals surface area contributed by atoms with Gasteiger partial charge in [-0.3, -0.25) is 9.78 Å². The van der Waals surface area contributed by atoms with Crippen LogP contribution in [0.2, 0.25) is 0 Å². The van der Waals surface area contributed by atoms with Crippen molar-refractivity contribution in [3.63, 3.8) is 0 Å². The first-order valence-electron chi connectivity index (χ1n) is 6.81. The minimum Gasteiger partial charge on any atom is -0.394 e. The Kier molecular flexibility index (Phi) is 3.66. The molecular weight excluding hydrogens is 271 g/mol. The molecule has 0 saturated carbocycles. The number of carbonyl (C=O) groups excluding carboxylic acids is 1. The molecule has 1 aromatic heterocycles. The third-order valence-corrected chi connectivity index (χ3v) is 3.85. The van der Waals surface area contributed by atoms with Gasteiger partial charge >= 0.3 is 0 Å². The predicted molar refractivity (Wildman–Crippen MR) is 75.2 cm³/mol. The Morgan fingerprint density at radius 3 is 2.95 bits per heavy atom. The molecule has 4 nitrogen and oxygen atoms in total. The second-order valence-electron chi connectivity index (χ2n) is 5.00. The molecule has 1 amide bonds. The lowest BCUT2D eigenvalue weighted by Crippen LogP contribution is -2.42. The van der Waals surface area contributed by atoms with Gasteiger partial charge in [-0.2, -0.15) is 0 Å². The number of aliphatic hydroxyl groups excluding tert-OH is 1. The number of nitrogens with zero attached hydrogens (tertiary/aromatic N) is 2. The Morgan fingerprint density at radius 1 is 1.38 bits per heavy atom. The number of pyridine rings is 1. The molecule has 1 aliphatic heterocycles. The van der Waals surface area contributed by atoms with Crippen molar-refractivity contribution in [2.45, 2.75) is 12.5 Å². The van der Waals surface area contributed by atoms with E-state index in [0.717, 1.165) is 17.3 Å². The van der Waals surface area contributed by atoms with Crippen LogP contribution in [0.4, 0.5) is 4.39 Å². The summed E-state index contributed by atoms with van der Waals surface area (Å²) < 4.78 is 13.7. The second-order valence-corrected chi connectivity index (χ2v) is 5.00. The van der Waals surface area contributed by atoms with Crippen molar-refractivity contribution in [1.82, 2.24) is 9.88 Å². The maximum Gasteiger partial charge on any atom is 0.257 e. The fraction of sp³-hybridized carbons (Fsp3) is 0.250. The number of hydrogen-bond donors (Lipinski definition) is 1. The lowest BCUT2D eigenvalue weighted by molar-refractivity contribution is 0.0564. The first kappa shape index (κ1) is 13.7. The lowest BCUT2D eigenvalue weighted by atomic mass is 9.92. The van der Waals surface area contributed by atoms with Crippen LogP contribution >= 0.6 is 0 Å². The molecular formula is C16H15FN2O2. The predicted octanol–water partition coefficient (Wildman–Crippen LogP) is 1.95. The van der Waals surface area contributed by atoms with Gasteiger partial charge in [0, 0.05) is 12.7 Å². The smallest absolute Gasteiger partial charge is 0.257 e. The van der Waals surface area contributed by atoms with E-state index in [1.807, 2.05) is 24.3 Å². The number of hydrogen-bond acceptors (Lipinski definition) is 3. The van der Waals surface area contributed by atoms with Crippen LogP contribution in [-0.2, 0) is 6.42 Å². The molecule has 0 aliphatic carbocycles. The quantitative estimate of drug-likeness (QED) is 0.918. The van der Waals surface area contributed by atoms with Crippen LogP contribution < -0.4 is 0 Å². The first-order valence-corrected chi connectivity index (χ1v) is 6.81. The van der Waals surface area contributed by atoms with Gasteiger partial charge in [-0.05, 0) is 23.6 Å². The van der Waals surface area contributed by atoms with E-state index in [0.29, 0.717) is 13.0 Å². The molecule has 21 heavy (non-hydrogen) atoms. The summed E-state index contributed by atoms with van der Waals surface area (Å²) in [5, 5.41) is 9.67. The first-order chi connectivity index (χ1) is 10.2. The minimum atomic E-state index is -0.641. The summed E-state index contributed by atoms with van der Waals surface area (Å²) in [6, 6.07) is 8.64. The van der Waals surface area contributed by atoms with Gasteiger partial charge in [-0.1, -0.05) is 24.3 Å². The topological polar surface area (TPSA) is 53.4 Å². The Labute approximate surface area is 121 Å². The summed E-state index contributed by atoms with van der Waals surface area (Å²) in [4.78, 5) is 17.7. The van der Waals surface area contributed by atoms with Crippen LogP contribution in [0.3, 0.4) is 0 Å². The van der Waals surface area contributed by atoms with Crippen LogP contribution in [0.1, 0.15) is 27.5 Å². The van der Waals surface area contributed by atoms with Crippen molar-refractivity contribution in [1.29, 1.82) is 0 Å². The van der Waals surface area contributed by atoms with E-state index in [4.69, 9.17) is 0 Å². The number of halogens is 1. The number of carbonyl (C=O) groups is 1. The number of fused-ring (bicyclic) bond motifs is 1. The highest BCUT2D eigenvalue weighted by molar-refractivity contribution is 5.94. The van der Waals surface area contributed by atoms with Gasteiger partial charge in [0.2, 0.25) is 0 Å². The SMILES string of the molecule is O=C(c1ccncc1F)N1CCc2ccccc2C1CO. The monoisotopic (exact) mass is 286 g/mol. The third kappa shape index (κ3) is 2.40. The standard InChI is InChI=1S/C16H15FN2O2/c17-14-9-18-7-5-13(14)16(21)19-8-6-11-3-1-2-4-12(11)15(19)10-20/h1-5,7,9,15,20H,6,8,10H2. The van der Waals surface area contributed by atoms with Crippen LogP contribution in [0.15, 0.2) is 42.7 Å². The molecule has 1 atom stereocenters. The average Bonchev–Trinajstić information content (AvgIpc) is 2.53. The molecule has 1 unspecified atom stereocenters. The van der Waals surface area contributed by atoms with Crippen LogP contribution in [0.25, 0.3) is 0 Å². The molecule has 1 aromatic carbocycles. The maximum absolute atomic E-state index is 13.7. The van der Waals surface area contributed by atoms with Crippen molar-refractivity contribution < 1.29 is 14.3 Å². The molecule has 0 radical (unpaired) electrons. The fourth-order valence-electron chi connectivity index (χ4n) is 2.79. The molecule has 2 heterocycles. The molecule has 0 saturated heterocycles. The second kappa shape index (κ2) is 5.61. The molecule has 0 spiro atoms. The Hall–Kier alpha value is -2.27. The molecule has 0 fully saturated rings. The summed E-state index contributed by atoms with van der Waals surface area (Å²) in [5.41, 5.74) is 2.03. The van der Waals surface area contributed by atoms with E-state index >= 15 is 0 Å². The van der Waals surface area contributed by atoms with Gasteiger partial charge in [0.15, 0.2) is 5.82 Å². The molecule has 2 aromatic rings. The molecule has 108 valence electrons. The Bertz CT molecular complexity index is 675. The van der Waals surface area contributed by atoms with Gasteiger partial charge in [-0.25, -0.2) is 4.39 Å². The highest BCUT2D eigenvalue weighted by Crippen LogP contribution is 2.30. The summed E-state index contributed by atoms with van der Waals surface area (Å²) in [5.74, 6) is -1.05. The van der Waals surface area contributed by atoms with E-state index in [1.165, 1.54) is 17.2 Å². The van der Waals surface area contributed by atoms with E-state index in [2.05, 4.69) is 4.98 Å². The highest BCUT2D eigenvalue weighted by Gasteiger charge is 2.31. The molecule has 1 N–H and O–H groups in total. The maximum atomic E-state index is 13.7. The van der Waals surface area contributed by atoms with Crippen molar-refractivity contribution >= 4 is 5.91 Å². The number of aliphatic hydroxyl groups is 1. The van der Waals surface area contributed by atoms with E-state index in [9.17, 15) is 14.3 Å². The van der Waals surface area contributed by atoms with E-state index in [-0.39, 0.29) is 12.2 Å². The van der Waals surface area contributed by atoms with Gasteiger partial charge in [-0.15, -0.1) is 0 Å². The van der Waals surface area contributed by atoms with Gasteiger partial charge in [0.05, 0.1) is 24.4 Å². The summed E-state index contributed by atoms with van der Waals surface area (Å²) in [7, 11) is 0. The number of aromatic nitrogens is 1. The van der Waals surface area contributed by atoms with E-state index in [1.54, 1.807) is 0 Å². The average molecular weight is 286 g/mol. The fourth-order valence-corrected chi connectivity index (χ4v) is 2.79. The van der Waals surface area contributed by atoms with Crippen LogP contribution in [-0.4, -0.2) is 34.0 Å². The van der Waals surface area contributed by atoms with Crippen molar-refractivity contribution in [3.05, 3.63) is 65.2 Å². The normalized spacial score (nSPS) is 17.4. The van der Waals surface area contributed by atoms with Crippen molar-refractivity contribution in [2.24, 2.45) is 0 Å². The number of benzene rings is 1. The van der Waals surface area contributed by atoms with Crippen molar-refractivity contribution in [2.75, 3.05) is 13.2 Å². The van der Waals surface area contributed by atoms with Gasteiger partial charge in [0.25, 0.3) is 5.91 Å².